The van der Waals surface area contributed by atoms with Crippen LogP contribution in [0.4, 0.5) is 8.78 Å². The van der Waals surface area contributed by atoms with Crippen molar-refractivity contribution < 1.29 is 18.6 Å². The maximum Gasteiger partial charge on any atom is 0.269 e. The van der Waals surface area contributed by atoms with Crippen molar-refractivity contribution in [2.45, 2.75) is 39.2 Å². The number of rotatable bonds is 7. The summed E-state index contributed by atoms with van der Waals surface area (Å²) in [6.07, 6.45) is -0.0281. The average Bonchev–Trinajstić information content (AvgIpc) is 3.20. The second kappa shape index (κ2) is 8.30. The summed E-state index contributed by atoms with van der Waals surface area (Å²) in [5.41, 5.74) is 2.78. The molecule has 0 aliphatic heterocycles. The van der Waals surface area contributed by atoms with E-state index in [1.165, 1.54) is 10.9 Å². The molecule has 0 amide bonds. The van der Waals surface area contributed by atoms with Crippen molar-refractivity contribution in [3.8, 4) is 17.0 Å². The van der Waals surface area contributed by atoms with Gasteiger partial charge in [0.1, 0.15) is 11.5 Å². The molecule has 3 aromatic heterocycles. The smallest absolute Gasteiger partial charge is 0.269 e. The van der Waals surface area contributed by atoms with Crippen LogP contribution in [0.1, 0.15) is 41.7 Å². The van der Waals surface area contributed by atoms with E-state index < -0.39 is 12.5 Å². The Morgan fingerprint density at radius 3 is 2.61 bits per heavy atom. The maximum absolute atomic E-state index is 13.2. The molecular formula is C22H25F2N5O2. The molecule has 0 saturated heterocycles. The highest BCUT2D eigenvalue weighted by atomic mass is 19.3. The van der Waals surface area contributed by atoms with E-state index in [1.54, 1.807) is 20.2 Å². The molecule has 3 heterocycles. The van der Waals surface area contributed by atoms with Crippen LogP contribution in [0.2, 0.25) is 0 Å². The Morgan fingerprint density at radius 1 is 1.16 bits per heavy atom. The minimum absolute atomic E-state index is 0.128. The summed E-state index contributed by atoms with van der Waals surface area (Å²) in [7, 11) is 1.60. The Morgan fingerprint density at radius 2 is 1.94 bits per heavy atom. The van der Waals surface area contributed by atoms with Crippen molar-refractivity contribution in [3.63, 3.8) is 0 Å². The van der Waals surface area contributed by atoms with Gasteiger partial charge in [0.2, 0.25) is 5.88 Å². The number of aryl methyl sites for hydroxylation is 3. The van der Waals surface area contributed by atoms with Gasteiger partial charge in [-0.25, -0.2) is 13.8 Å². The number of hydrogen-bond donors (Lipinski definition) is 1. The largest absolute Gasteiger partial charge is 0.477 e. The highest BCUT2D eigenvalue weighted by Crippen LogP contribution is 2.53. The molecule has 4 unspecified atom stereocenters. The van der Waals surface area contributed by atoms with E-state index >= 15 is 0 Å². The lowest BCUT2D eigenvalue weighted by Crippen LogP contribution is -2.11. The van der Waals surface area contributed by atoms with Crippen molar-refractivity contribution in [2.75, 3.05) is 6.61 Å². The molecule has 164 valence electrons. The molecule has 31 heavy (non-hydrogen) atoms. The summed E-state index contributed by atoms with van der Waals surface area (Å²) < 4.78 is 33.7. The van der Waals surface area contributed by atoms with Crippen molar-refractivity contribution in [1.82, 2.24) is 24.7 Å². The van der Waals surface area contributed by atoms with Crippen LogP contribution in [0.15, 0.2) is 30.7 Å². The van der Waals surface area contributed by atoms with Crippen molar-refractivity contribution in [2.24, 2.45) is 18.9 Å². The van der Waals surface area contributed by atoms with Gasteiger partial charge in [0, 0.05) is 48.7 Å². The number of hydrogen-bond acceptors (Lipinski definition) is 6. The quantitative estimate of drug-likeness (QED) is 0.618. The molecule has 1 aliphatic carbocycles. The van der Waals surface area contributed by atoms with Crippen LogP contribution >= 0.6 is 0 Å². The summed E-state index contributed by atoms with van der Waals surface area (Å²) in [5.74, 6) is 1.79. The maximum atomic E-state index is 13.2. The van der Waals surface area contributed by atoms with E-state index in [4.69, 9.17) is 4.74 Å². The van der Waals surface area contributed by atoms with Gasteiger partial charge in [-0.15, -0.1) is 0 Å². The Labute approximate surface area is 179 Å². The molecule has 1 aliphatic rings. The second-order valence-electron chi connectivity index (χ2n) is 8.14. The van der Waals surface area contributed by atoms with Crippen LogP contribution in [0.5, 0.6) is 5.88 Å². The monoisotopic (exact) mass is 429 g/mol. The standard InChI is InChI=1S/C22H25F2N5O2/c1-11-5-6-17(26-7-11)18-12(2)16(18)10-31-22-14(8-25-13(3)27-22)15-9-29(4)28-19(15)20(30)21(23)24/h5-9,12,16,18,20-21,30H,10H2,1-4H3. The van der Waals surface area contributed by atoms with Crippen molar-refractivity contribution in [3.05, 3.63) is 53.5 Å². The third-order valence-electron chi connectivity index (χ3n) is 5.79. The summed E-state index contributed by atoms with van der Waals surface area (Å²) in [6.45, 7) is 6.31. The van der Waals surface area contributed by atoms with E-state index in [1.807, 2.05) is 19.2 Å². The lowest BCUT2D eigenvalue weighted by molar-refractivity contribution is -0.00817. The molecule has 4 rings (SSSR count). The van der Waals surface area contributed by atoms with Gasteiger partial charge in [0.05, 0.1) is 12.2 Å². The van der Waals surface area contributed by atoms with Gasteiger partial charge in [-0.2, -0.15) is 10.1 Å². The summed E-state index contributed by atoms with van der Waals surface area (Å²) in [5, 5.41) is 13.9. The van der Waals surface area contributed by atoms with E-state index in [-0.39, 0.29) is 17.5 Å². The first kappa shape index (κ1) is 21.3. The fraction of sp³-hybridized carbons (Fsp3) is 0.455. The Kier molecular flexibility index (Phi) is 5.70. The van der Waals surface area contributed by atoms with E-state index in [0.717, 1.165) is 11.3 Å². The average molecular weight is 429 g/mol. The molecule has 0 aromatic carbocycles. The number of halogens is 2. The van der Waals surface area contributed by atoms with Crippen molar-refractivity contribution >= 4 is 0 Å². The van der Waals surface area contributed by atoms with Gasteiger partial charge in [-0.05, 0) is 31.4 Å². The first-order valence-electron chi connectivity index (χ1n) is 10.2. The molecule has 4 atom stereocenters. The zero-order valence-electron chi connectivity index (χ0n) is 17.8. The predicted molar refractivity (Wildman–Crippen MR) is 110 cm³/mol. The van der Waals surface area contributed by atoms with Gasteiger partial charge < -0.3 is 9.84 Å². The zero-order chi connectivity index (χ0) is 22.3. The fourth-order valence-corrected chi connectivity index (χ4v) is 3.94. The van der Waals surface area contributed by atoms with E-state index in [9.17, 15) is 13.9 Å². The topological polar surface area (TPSA) is 86.0 Å². The minimum atomic E-state index is -2.96. The van der Waals surface area contributed by atoms with Gasteiger partial charge in [0.25, 0.3) is 6.43 Å². The highest BCUT2D eigenvalue weighted by Gasteiger charge is 2.49. The molecule has 7 nitrogen and oxygen atoms in total. The number of ether oxygens (including phenoxy) is 1. The molecule has 0 spiro atoms. The lowest BCUT2D eigenvalue weighted by Gasteiger charge is -2.13. The number of aliphatic hydroxyl groups is 1. The van der Waals surface area contributed by atoms with Crippen LogP contribution in [-0.2, 0) is 7.05 Å². The van der Waals surface area contributed by atoms with Crippen LogP contribution in [0.3, 0.4) is 0 Å². The molecular weight excluding hydrogens is 404 g/mol. The Bertz CT molecular complexity index is 1070. The Balaban J connectivity index is 1.57. The van der Waals surface area contributed by atoms with Crippen LogP contribution in [0.25, 0.3) is 11.1 Å². The molecule has 3 aromatic rings. The molecule has 9 heteroatoms. The molecule has 1 N–H and O–H groups in total. The summed E-state index contributed by atoms with van der Waals surface area (Å²) >= 11 is 0. The first-order valence-corrected chi connectivity index (χ1v) is 10.2. The minimum Gasteiger partial charge on any atom is -0.477 e. The van der Waals surface area contributed by atoms with Crippen LogP contribution in [0, 0.1) is 25.7 Å². The molecule has 0 bridgehead atoms. The number of aliphatic hydroxyl groups excluding tert-OH is 1. The third-order valence-corrected chi connectivity index (χ3v) is 5.79. The summed E-state index contributed by atoms with van der Waals surface area (Å²) in [4.78, 5) is 13.1. The SMILES string of the molecule is Cc1ccc(C2C(C)C2COc2nc(C)ncc2-c2cn(C)nc2C(O)C(F)F)nc1. The number of nitrogens with zero attached hydrogens (tertiary/aromatic N) is 5. The number of alkyl halides is 2. The Hall–Kier alpha value is -2.94. The fourth-order valence-electron chi connectivity index (χ4n) is 3.94. The zero-order valence-corrected chi connectivity index (χ0v) is 17.8. The summed E-state index contributed by atoms with van der Waals surface area (Å²) in [6, 6.07) is 4.10. The second-order valence-corrected chi connectivity index (χ2v) is 8.14. The van der Waals surface area contributed by atoms with Gasteiger partial charge in [-0.1, -0.05) is 13.0 Å². The highest BCUT2D eigenvalue weighted by molar-refractivity contribution is 5.70. The first-order chi connectivity index (χ1) is 14.8. The number of pyridine rings is 1. The molecule has 0 radical (unpaired) electrons. The van der Waals surface area contributed by atoms with Gasteiger partial charge in [0.15, 0.2) is 6.10 Å². The normalized spacial score (nSPS) is 21.4. The van der Waals surface area contributed by atoms with E-state index in [2.05, 4.69) is 33.0 Å². The number of aromatic nitrogens is 5. The third kappa shape index (κ3) is 4.27. The van der Waals surface area contributed by atoms with Crippen LogP contribution < -0.4 is 4.74 Å². The van der Waals surface area contributed by atoms with Crippen LogP contribution in [-0.4, -0.2) is 42.9 Å². The predicted octanol–water partition coefficient (Wildman–Crippen LogP) is 3.62. The van der Waals surface area contributed by atoms with E-state index in [0.29, 0.717) is 35.4 Å². The van der Waals surface area contributed by atoms with Crippen molar-refractivity contribution in [1.29, 1.82) is 0 Å². The van der Waals surface area contributed by atoms with Gasteiger partial charge in [-0.3, -0.25) is 9.67 Å². The molecule has 1 fully saturated rings. The molecule has 1 saturated carbocycles. The lowest BCUT2D eigenvalue weighted by atomic mass is 10.1. The van der Waals surface area contributed by atoms with Gasteiger partial charge >= 0.3 is 0 Å².